The zero-order valence-corrected chi connectivity index (χ0v) is 17.7. The molecule has 1 aliphatic heterocycles. The fraction of sp³-hybridized carbons (Fsp3) is 0.474. The number of hydrogen-bond donors (Lipinski definition) is 0. The normalized spacial score (nSPS) is 14.1. The second-order valence-electron chi connectivity index (χ2n) is 7.36. The number of hydrogen-bond acceptors (Lipinski definition) is 8. The first-order valence-corrected chi connectivity index (χ1v) is 9.55. The summed E-state index contributed by atoms with van der Waals surface area (Å²) in [5, 5.41) is 19.1. The van der Waals surface area contributed by atoms with Crippen molar-refractivity contribution in [2.45, 2.75) is 6.42 Å². The van der Waals surface area contributed by atoms with Gasteiger partial charge in [-0.2, -0.15) is 10.5 Å². The van der Waals surface area contributed by atoms with Gasteiger partial charge in [0.2, 0.25) is 0 Å². The van der Waals surface area contributed by atoms with E-state index >= 15 is 0 Å². The molecule has 0 unspecified atom stereocenters. The molecule has 1 saturated heterocycles. The summed E-state index contributed by atoms with van der Waals surface area (Å²) >= 11 is 0. The molecule has 3 heterocycles. The quantitative estimate of drug-likeness (QED) is 0.534. The summed E-state index contributed by atoms with van der Waals surface area (Å²) in [6, 6.07) is 3.80. The standard InChI is InChI=1S/C19H22N8O4/c1-22-14(12(10-20)16(28)24(3)18(22)30)26-6-5-7-27(9-8-26)15-13(11-21)17(29)25(4)19(31)23(15)2/h5-9H2,1-4H3. The lowest BCUT2D eigenvalue weighted by atomic mass is 10.2. The highest BCUT2D eigenvalue weighted by molar-refractivity contribution is 5.56. The first-order chi connectivity index (χ1) is 14.6. The van der Waals surface area contributed by atoms with Crippen LogP contribution in [0.2, 0.25) is 0 Å². The minimum Gasteiger partial charge on any atom is -0.355 e. The van der Waals surface area contributed by atoms with Gasteiger partial charge in [0.15, 0.2) is 11.1 Å². The zero-order valence-electron chi connectivity index (χ0n) is 17.7. The molecule has 2 aromatic rings. The predicted octanol–water partition coefficient (Wildman–Crippen LogP) is -2.06. The van der Waals surface area contributed by atoms with Crippen molar-refractivity contribution in [1.82, 2.24) is 18.3 Å². The number of rotatable bonds is 2. The van der Waals surface area contributed by atoms with Crippen molar-refractivity contribution in [2.24, 2.45) is 28.2 Å². The van der Waals surface area contributed by atoms with Crippen LogP contribution in [0.15, 0.2) is 19.2 Å². The molecular formula is C19H22N8O4. The number of anilines is 2. The number of aromatic nitrogens is 4. The van der Waals surface area contributed by atoms with Gasteiger partial charge in [0.1, 0.15) is 23.8 Å². The van der Waals surface area contributed by atoms with Crippen LogP contribution in [0.1, 0.15) is 17.5 Å². The van der Waals surface area contributed by atoms with Crippen molar-refractivity contribution in [3.05, 3.63) is 52.8 Å². The van der Waals surface area contributed by atoms with Gasteiger partial charge in [-0.3, -0.25) is 27.9 Å². The van der Waals surface area contributed by atoms with E-state index in [1.807, 2.05) is 12.1 Å². The molecule has 12 nitrogen and oxygen atoms in total. The highest BCUT2D eigenvalue weighted by Crippen LogP contribution is 2.21. The monoisotopic (exact) mass is 426 g/mol. The Morgan fingerprint density at radius 1 is 0.613 bits per heavy atom. The molecule has 31 heavy (non-hydrogen) atoms. The lowest BCUT2D eigenvalue weighted by molar-refractivity contribution is 0.653. The smallest absolute Gasteiger partial charge is 0.332 e. The Labute approximate surface area is 176 Å². The van der Waals surface area contributed by atoms with Crippen molar-refractivity contribution >= 4 is 11.6 Å². The second-order valence-corrected chi connectivity index (χ2v) is 7.36. The molecule has 0 aromatic carbocycles. The van der Waals surface area contributed by atoms with Gasteiger partial charge in [-0.05, 0) is 6.42 Å². The molecule has 162 valence electrons. The van der Waals surface area contributed by atoms with Crippen molar-refractivity contribution in [1.29, 1.82) is 10.5 Å². The van der Waals surface area contributed by atoms with E-state index in [0.717, 1.165) is 9.13 Å². The number of nitriles is 2. The van der Waals surface area contributed by atoms with Crippen molar-refractivity contribution in [3.8, 4) is 12.1 Å². The first kappa shape index (κ1) is 21.6. The van der Waals surface area contributed by atoms with E-state index in [9.17, 15) is 29.7 Å². The van der Waals surface area contributed by atoms with Crippen molar-refractivity contribution < 1.29 is 0 Å². The summed E-state index contributed by atoms with van der Waals surface area (Å²) in [6.45, 7) is 1.49. The van der Waals surface area contributed by atoms with Crippen LogP contribution in [0.4, 0.5) is 11.6 Å². The van der Waals surface area contributed by atoms with Crippen LogP contribution < -0.4 is 32.3 Å². The highest BCUT2D eigenvalue weighted by Gasteiger charge is 2.26. The van der Waals surface area contributed by atoms with Gasteiger partial charge < -0.3 is 9.80 Å². The molecule has 0 saturated carbocycles. The summed E-state index contributed by atoms with van der Waals surface area (Å²) in [6.07, 6.45) is 0.544. The molecule has 1 aliphatic rings. The van der Waals surface area contributed by atoms with Crippen LogP contribution in [0, 0.1) is 22.7 Å². The Balaban J connectivity index is 2.07. The maximum absolute atomic E-state index is 12.4. The Hall–Kier alpha value is -4.06. The minimum absolute atomic E-state index is 0.128. The van der Waals surface area contributed by atoms with E-state index in [1.165, 1.54) is 37.3 Å². The van der Waals surface area contributed by atoms with Gasteiger partial charge in [0, 0.05) is 54.4 Å². The minimum atomic E-state index is -0.664. The van der Waals surface area contributed by atoms with E-state index < -0.39 is 22.5 Å². The maximum atomic E-state index is 12.4. The van der Waals surface area contributed by atoms with Crippen LogP contribution in [0.25, 0.3) is 0 Å². The van der Waals surface area contributed by atoms with Gasteiger partial charge in [0.05, 0.1) is 0 Å². The Kier molecular flexibility index (Phi) is 5.58. The van der Waals surface area contributed by atoms with Crippen LogP contribution in [-0.4, -0.2) is 44.4 Å². The Morgan fingerprint density at radius 2 is 0.968 bits per heavy atom. The van der Waals surface area contributed by atoms with E-state index in [2.05, 4.69) is 0 Å². The van der Waals surface area contributed by atoms with Gasteiger partial charge in [-0.25, -0.2) is 9.59 Å². The molecular weight excluding hydrogens is 404 g/mol. The topological polar surface area (TPSA) is 142 Å². The number of nitrogens with zero attached hydrogens (tertiary/aromatic N) is 8. The Morgan fingerprint density at radius 3 is 1.29 bits per heavy atom. The molecule has 3 rings (SSSR count). The van der Waals surface area contributed by atoms with Crippen LogP contribution >= 0.6 is 0 Å². The third kappa shape index (κ3) is 3.32. The van der Waals surface area contributed by atoms with Crippen molar-refractivity contribution in [2.75, 3.05) is 36.0 Å². The molecule has 0 aliphatic carbocycles. The summed E-state index contributed by atoms with van der Waals surface area (Å²) in [5.74, 6) is 0.464. The molecule has 2 aromatic heterocycles. The molecule has 0 bridgehead atoms. The molecule has 0 amide bonds. The SMILES string of the molecule is Cn1c(N2CCCN(c3c(C#N)c(=O)n(C)c(=O)n3C)CC2)c(C#N)c(=O)n(C)c1=O. The van der Waals surface area contributed by atoms with Gasteiger partial charge in [-0.15, -0.1) is 0 Å². The largest absolute Gasteiger partial charge is 0.355 e. The molecule has 12 heteroatoms. The van der Waals surface area contributed by atoms with Crippen LogP contribution in [-0.2, 0) is 28.2 Å². The van der Waals surface area contributed by atoms with E-state index in [-0.39, 0.29) is 22.8 Å². The summed E-state index contributed by atoms with van der Waals surface area (Å²) in [4.78, 5) is 53.2. The lowest BCUT2D eigenvalue weighted by Gasteiger charge is -2.27. The third-order valence-corrected chi connectivity index (χ3v) is 5.59. The van der Waals surface area contributed by atoms with E-state index in [1.54, 1.807) is 9.80 Å². The van der Waals surface area contributed by atoms with Crippen molar-refractivity contribution in [3.63, 3.8) is 0 Å². The zero-order chi connectivity index (χ0) is 23.0. The van der Waals surface area contributed by atoms with Crippen LogP contribution in [0.3, 0.4) is 0 Å². The average Bonchev–Trinajstić information content (AvgIpc) is 3.01. The fourth-order valence-corrected chi connectivity index (χ4v) is 3.94. The van der Waals surface area contributed by atoms with E-state index in [0.29, 0.717) is 32.6 Å². The first-order valence-electron chi connectivity index (χ1n) is 9.55. The molecule has 0 spiro atoms. The van der Waals surface area contributed by atoms with E-state index in [4.69, 9.17) is 0 Å². The van der Waals surface area contributed by atoms with Gasteiger partial charge >= 0.3 is 11.4 Å². The van der Waals surface area contributed by atoms with Crippen LogP contribution in [0.5, 0.6) is 0 Å². The molecule has 0 N–H and O–H groups in total. The molecule has 1 fully saturated rings. The molecule has 0 radical (unpaired) electrons. The highest BCUT2D eigenvalue weighted by atomic mass is 16.2. The summed E-state index contributed by atoms with van der Waals surface area (Å²) in [5.41, 5.74) is -2.67. The summed E-state index contributed by atoms with van der Waals surface area (Å²) < 4.78 is 4.32. The van der Waals surface area contributed by atoms with Gasteiger partial charge in [-0.1, -0.05) is 0 Å². The fourth-order valence-electron chi connectivity index (χ4n) is 3.94. The summed E-state index contributed by atoms with van der Waals surface area (Å²) in [7, 11) is 5.64. The Bertz CT molecular complexity index is 1270. The predicted molar refractivity (Wildman–Crippen MR) is 112 cm³/mol. The third-order valence-electron chi connectivity index (χ3n) is 5.59. The maximum Gasteiger partial charge on any atom is 0.332 e. The lowest BCUT2D eigenvalue weighted by Crippen LogP contribution is -2.44. The molecule has 0 atom stereocenters. The second kappa shape index (κ2) is 7.99. The average molecular weight is 426 g/mol. The van der Waals surface area contributed by atoms with Gasteiger partial charge in [0.25, 0.3) is 11.1 Å².